The van der Waals surface area contributed by atoms with Crippen LogP contribution in [0.15, 0.2) is 24.3 Å². The number of rotatable bonds is 1. The summed E-state index contributed by atoms with van der Waals surface area (Å²) in [4.78, 5) is 11.3. The van der Waals surface area contributed by atoms with Gasteiger partial charge < -0.3 is 5.32 Å². The summed E-state index contributed by atoms with van der Waals surface area (Å²) in [6.45, 7) is 2.93. The Morgan fingerprint density at radius 2 is 1.93 bits per heavy atom. The van der Waals surface area contributed by atoms with Gasteiger partial charge in [-0.25, -0.2) is 0 Å². The Morgan fingerprint density at radius 1 is 1.27 bits per heavy atom. The Balaban J connectivity index is 1.90. The Bertz CT molecular complexity index is 396. The Labute approximate surface area is 89.7 Å². The summed E-state index contributed by atoms with van der Waals surface area (Å²) in [7, 11) is 0. The van der Waals surface area contributed by atoms with Crippen molar-refractivity contribution in [2.24, 2.45) is 5.92 Å². The number of carbonyl (C=O) groups is 1. The molecule has 2 heteroatoms. The van der Waals surface area contributed by atoms with E-state index in [2.05, 4.69) is 36.5 Å². The van der Waals surface area contributed by atoms with Crippen LogP contribution in [0.25, 0.3) is 0 Å². The minimum Gasteiger partial charge on any atom is -0.355 e. The van der Waals surface area contributed by atoms with Gasteiger partial charge in [0.05, 0.1) is 0 Å². The maximum Gasteiger partial charge on any atom is 0.223 e. The van der Waals surface area contributed by atoms with E-state index in [-0.39, 0.29) is 17.2 Å². The molecule has 1 aliphatic carbocycles. The second-order valence-corrected chi connectivity index (χ2v) is 4.97. The van der Waals surface area contributed by atoms with E-state index in [1.165, 1.54) is 11.1 Å². The van der Waals surface area contributed by atoms with Gasteiger partial charge in [0.2, 0.25) is 5.91 Å². The molecule has 2 aliphatic heterocycles. The molecule has 2 saturated heterocycles. The first-order valence-electron chi connectivity index (χ1n) is 5.54. The van der Waals surface area contributed by atoms with Crippen LogP contribution < -0.4 is 5.32 Å². The number of fused-ring (bicyclic) bond motifs is 2. The zero-order valence-electron chi connectivity index (χ0n) is 8.92. The van der Waals surface area contributed by atoms with E-state index in [9.17, 15) is 4.79 Å². The van der Waals surface area contributed by atoms with E-state index in [0.717, 1.165) is 19.4 Å². The van der Waals surface area contributed by atoms with Crippen molar-refractivity contribution < 1.29 is 4.79 Å². The van der Waals surface area contributed by atoms with E-state index in [4.69, 9.17) is 0 Å². The number of benzene rings is 1. The van der Waals surface area contributed by atoms with Gasteiger partial charge in [-0.05, 0) is 25.3 Å². The lowest BCUT2D eigenvalue weighted by Gasteiger charge is -2.52. The fraction of sp³-hybridized carbons (Fsp3) is 0.462. The number of piperidine rings is 2. The number of nitrogens with one attached hydrogen (secondary N) is 1. The Morgan fingerprint density at radius 3 is 2.47 bits per heavy atom. The summed E-state index contributed by atoms with van der Waals surface area (Å²) in [5.41, 5.74) is 2.95. The molecule has 0 aromatic heterocycles. The van der Waals surface area contributed by atoms with Crippen molar-refractivity contribution in [3.8, 4) is 0 Å². The molecule has 1 amide bonds. The highest BCUT2D eigenvalue weighted by molar-refractivity contribution is 5.82. The van der Waals surface area contributed by atoms with Gasteiger partial charge in [-0.15, -0.1) is 0 Å². The summed E-state index contributed by atoms with van der Waals surface area (Å²) in [6.07, 6.45) is 2.09. The smallest absolute Gasteiger partial charge is 0.223 e. The Kier molecular flexibility index (Phi) is 1.70. The zero-order valence-corrected chi connectivity index (χ0v) is 8.92. The lowest BCUT2D eigenvalue weighted by atomic mass is 9.56. The molecule has 0 radical (unpaired) electrons. The molecule has 3 fully saturated rings. The van der Waals surface area contributed by atoms with Crippen molar-refractivity contribution in [3.63, 3.8) is 0 Å². The first-order chi connectivity index (χ1) is 7.20. The van der Waals surface area contributed by atoms with Gasteiger partial charge in [0.25, 0.3) is 0 Å². The third kappa shape index (κ3) is 1.21. The molecule has 0 unspecified atom stereocenters. The molecule has 2 nitrogen and oxygen atoms in total. The molecule has 0 atom stereocenters. The van der Waals surface area contributed by atoms with E-state index < -0.39 is 0 Å². The van der Waals surface area contributed by atoms with Gasteiger partial charge in [-0.3, -0.25) is 4.79 Å². The van der Waals surface area contributed by atoms with Crippen LogP contribution in [-0.4, -0.2) is 12.5 Å². The summed E-state index contributed by atoms with van der Waals surface area (Å²) in [5, 5.41) is 3.00. The maximum atomic E-state index is 11.3. The molecule has 4 rings (SSSR count). The van der Waals surface area contributed by atoms with Crippen LogP contribution in [0.5, 0.6) is 0 Å². The van der Waals surface area contributed by atoms with Crippen LogP contribution in [0, 0.1) is 12.8 Å². The van der Waals surface area contributed by atoms with E-state index in [0.29, 0.717) is 0 Å². The first-order valence-corrected chi connectivity index (χ1v) is 5.54. The summed E-state index contributed by atoms with van der Waals surface area (Å²) in [5.74, 6) is 0.532. The third-order valence-electron chi connectivity index (χ3n) is 3.91. The van der Waals surface area contributed by atoms with Gasteiger partial charge in [0.15, 0.2) is 0 Å². The van der Waals surface area contributed by atoms with Gasteiger partial charge in [0.1, 0.15) is 0 Å². The second kappa shape index (κ2) is 2.84. The van der Waals surface area contributed by atoms with Crippen molar-refractivity contribution in [3.05, 3.63) is 35.4 Å². The van der Waals surface area contributed by atoms with Crippen LogP contribution >= 0.6 is 0 Å². The highest BCUT2D eigenvalue weighted by Crippen LogP contribution is 2.49. The average Bonchev–Trinajstić information content (AvgIpc) is 2.18. The number of amides is 1. The Hall–Kier alpha value is -1.31. The molecule has 1 saturated carbocycles. The molecule has 3 aliphatic rings. The van der Waals surface area contributed by atoms with E-state index >= 15 is 0 Å². The predicted octanol–water partition coefficient (Wildman–Crippen LogP) is 1.77. The summed E-state index contributed by atoms with van der Waals surface area (Å²) in [6, 6.07) is 8.74. The third-order valence-corrected chi connectivity index (χ3v) is 3.91. The summed E-state index contributed by atoms with van der Waals surface area (Å²) < 4.78 is 0. The minimum atomic E-state index is 0.254. The maximum absolute atomic E-state index is 11.3. The second-order valence-electron chi connectivity index (χ2n) is 4.97. The van der Waals surface area contributed by atoms with Crippen molar-refractivity contribution >= 4 is 5.91 Å². The van der Waals surface area contributed by atoms with Crippen LogP contribution in [0.2, 0.25) is 0 Å². The normalized spacial score (nSPS) is 33.1. The van der Waals surface area contributed by atoms with Crippen LogP contribution in [0.3, 0.4) is 0 Å². The topological polar surface area (TPSA) is 29.1 Å². The molecule has 2 bridgehead atoms. The number of hydrogen-bond donors (Lipinski definition) is 1. The predicted molar refractivity (Wildman–Crippen MR) is 58.6 cm³/mol. The molecule has 2 heterocycles. The quantitative estimate of drug-likeness (QED) is 0.737. The van der Waals surface area contributed by atoms with Crippen molar-refractivity contribution in [2.45, 2.75) is 25.2 Å². The average molecular weight is 201 g/mol. The van der Waals surface area contributed by atoms with Crippen LogP contribution in [0.4, 0.5) is 0 Å². The standard InChI is InChI=1S/C13H15NO/c1-9-2-4-11(5-3-9)13-6-10(7-13)12(15)14-8-13/h2-5,10H,6-8H2,1H3,(H,14,15). The number of aryl methyl sites for hydroxylation is 1. The number of carbonyl (C=O) groups excluding carboxylic acids is 1. The van der Waals surface area contributed by atoms with Crippen molar-refractivity contribution in [2.75, 3.05) is 6.54 Å². The monoisotopic (exact) mass is 201 g/mol. The lowest BCUT2D eigenvalue weighted by Crippen LogP contribution is -2.60. The molecule has 1 aromatic carbocycles. The van der Waals surface area contributed by atoms with Gasteiger partial charge in [0, 0.05) is 17.9 Å². The van der Waals surface area contributed by atoms with Crippen molar-refractivity contribution in [1.82, 2.24) is 5.32 Å². The molecule has 15 heavy (non-hydrogen) atoms. The van der Waals surface area contributed by atoms with Gasteiger partial charge in [-0.2, -0.15) is 0 Å². The molecular formula is C13H15NO. The fourth-order valence-corrected chi connectivity index (χ4v) is 2.86. The fourth-order valence-electron chi connectivity index (χ4n) is 2.86. The molecule has 0 spiro atoms. The van der Waals surface area contributed by atoms with Crippen molar-refractivity contribution in [1.29, 1.82) is 0 Å². The highest BCUT2D eigenvalue weighted by Gasteiger charge is 2.52. The molecule has 78 valence electrons. The first kappa shape index (κ1) is 8.96. The minimum absolute atomic E-state index is 0.254. The molecular weight excluding hydrogens is 186 g/mol. The van der Waals surface area contributed by atoms with Gasteiger partial charge >= 0.3 is 0 Å². The van der Waals surface area contributed by atoms with E-state index in [1.54, 1.807) is 0 Å². The molecule has 1 aromatic rings. The zero-order chi connectivity index (χ0) is 10.5. The largest absolute Gasteiger partial charge is 0.355 e. The molecule has 1 N–H and O–H groups in total. The van der Waals surface area contributed by atoms with E-state index in [1.807, 2.05) is 0 Å². The van der Waals surface area contributed by atoms with Crippen LogP contribution in [0.1, 0.15) is 24.0 Å². The highest BCUT2D eigenvalue weighted by atomic mass is 16.2. The van der Waals surface area contributed by atoms with Crippen LogP contribution in [-0.2, 0) is 10.2 Å². The number of hydrogen-bond acceptors (Lipinski definition) is 1. The van der Waals surface area contributed by atoms with Gasteiger partial charge in [-0.1, -0.05) is 29.8 Å². The lowest BCUT2D eigenvalue weighted by molar-refractivity contribution is -0.135. The SMILES string of the molecule is Cc1ccc(C23CNC(=O)C(C2)C3)cc1. The summed E-state index contributed by atoms with van der Waals surface area (Å²) >= 11 is 0.